The normalized spacial score (nSPS) is 38.8. The first kappa shape index (κ1) is 12.3. The van der Waals surface area contributed by atoms with Gasteiger partial charge < -0.3 is 9.64 Å². The molecule has 0 saturated carbocycles. The van der Waals surface area contributed by atoms with Crippen molar-refractivity contribution in [3.63, 3.8) is 0 Å². The number of halogens is 1. The van der Waals surface area contributed by atoms with Crippen molar-refractivity contribution in [1.29, 1.82) is 0 Å². The van der Waals surface area contributed by atoms with E-state index in [0.717, 1.165) is 12.5 Å². The molecule has 3 atom stereocenters. The van der Waals surface area contributed by atoms with Crippen molar-refractivity contribution < 1.29 is 9.13 Å². The van der Waals surface area contributed by atoms with Crippen LogP contribution in [0.4, 0.5) is 4.39 Å². The highest BCUT2D eigenvalue weighted by Crippen LogP contribution is 2.25. The van der Waals surface area contributed by atoms with Crippen LogP contribution in [0.25, 0.3) is 0 Å². The molecule has 16 heavy (non-hydrogen) atoms. The van der Waals surface area contributed by atoms with Crippen molar-refractivity contribution in [1.82, 2.24) is 4.90 Å². The van der Waals surface area contributed by atoms with E-state index in [2.05, 4.69) is 18.7 Å². The molecule has 3 heteroatoms. The van der Waals surface area contributed by atoms with Gasteiger partial charge in [0.2, 0.25) is 0 Å². The van der Waals surface area contributed by atoms with Gasteiger partial charge in [-0.3, -0.25) is 0 Å². The first-order valence-corrected chi connectivity index (χ1v) is 6.63. The van der Waals surface area contributed by atoms with E-state index >= 15 is 0 Å². The molecule has 0 radical (unpaired) electrons. The van der Waals surface area contributed by atoms with Crippen molar-refractivity contribution >= 4 is 0 Å². The Kier molecular flexibility index (Phi) is 4.20. The van der Waals surface area contributed by atoms with Crippen LogP contribution in [-0.2, 0) is 4.74 Å². The van der Waals surface area contributed by atoms with Gasteiger partial charge in [-0.15, -0.1) is 0 Å². The Morgan fingerprint density at radius 3 is 2.56 bits per heavy atom. The molecular formula is C13H24FNO. The Bertz CT molecular complexity index is 216. The van der Waals surface area contributed by atoms with Gasteiger partial charge in [0.05, 0.1) is 12.7 Å². The van der Waals surface area contributed by atoms with E-state index in [0.29, 0.717) is 18.9 Å². The maximum Gasteiger partial charge on any atom is 0.124 e. The molecule has 0 bridgehead atoms. The third kappa shape index (κ3) is 3.17. The highest BCUT2D eigenvalue weighted by molar-refractivity contribution is 4.80. The van der Waals surface area contributed by atoms with Gasteiger partial charge in [0, 0.05) is 6.54 Å². The molecule has 2 aliphatic rings. The minimum atomic E-state index is -0.743. The number of nitrogens with zero attached hydrogens (tertiary/aromatic N) is 1. The summed E-state index contributed by atoms with van der Waals surface area (Å²) < 4.78 is 18.7. The second kappa shape index (κ2) is 5.46. The van der Waals surface area contributed by atoms with Crippen LogP contribution in [0.1, 0.15) is 33.1 Å². The van der Waals surface area contributed by atoms with Gasteiger partial charge in [-0.05, 0) is 44.2 Å². The molecule has 2 nitrogen and oxygen atoms in total. The van der Waals surface area contributed by atoms with Crippen LogP contribution >= 0.6 is 0 Å². The molecule has 0 aromatic carbocycles. The van der Waals surface area contributed by atoms with Gasteiger partial charge >= 0.3 is 0 Å². The Labute approximate surface area is 98.1 Å². The zero-order valence-electron chi connectivity index (χ0n) is 10.5. The third-order valence-electron chi connectivity index (χ3n) is 4.07. The fourth-order valence-corrected chi connectivity index (χ4v) is 2.75. The fraction of sp³-hybridized carbons (Fsp3) is 1.00. The lowest BCUT2D eigenvalue weighted by Crippen LogP contribution is -2.45. The quantitative estimate of drug-likeness (QED) is 0.721. The first-order valence-electron chi connectivity index (χ1n) is 6.63. The lowest BCUT2D eigenvalue weighted by molar-refractivity contribution is -0.0746. The number of piperidine rings is 1. The first-order chi connectivity index (χ1) is 7.65. The van der Waals surface area contributed by atoms with Crippen LogP contribution in [0.3, 0.4) is 0 Å². The summed E-state index contributed by atoms with van der Waals surface area (Å²) in [6, 6.07) is 0. The van der Waals surface area contributed by atoms with Gasteiger partial charge in [0.25, 0.3) is 0 Å². The van der Waals surface area contributed by atoms with E-state index < -0.39 is 6.17 Å². The van der Waals surface area contributed by atoms with E-state index in [1.54, 1.807) is 0 Å². The topological polar surface area (TPSA) is 12.5 Å². The van der Waals surface area contributed by atoms with Crippen LogP contribution in [0.2, 0.25) is 0 Å². The summed E-state index contributed by atoms with van der Waals surface area (Å²) in [7, 11) is 0. The second-order valence-corrected chi connectivity index (χ2v) is 5.67. The number of alkyl halides is 1. The maximum atomic E-state index is 13.1. The van der Waals surface area contributed by atoms with E-state index in [9.17, 15) is 4.39 Å². The van der Waals surface area contributed by atoms with Gasteiger partial charge in [-0.2, -0.15) is 0 Å². The average molecular weight is 229 g/mol. The SMILES string of the molecule is CC1CCN(C[C@H]2OC[C@H](F)CC2C)CC1. The Hall–Kier alpha value is -0.150. The largest absolute Gasteiger partial charge is 0.374 e. The van der Waals surface area contributed by atoms with Gasteiger partial charge in [0.1, 0.15) is 6.17 Å². The molecule has 0 aromatic rings. The molecule has 0 aromatic heterocycles. The molecule has 1 unspecified atom stereocenters. The molecule has 2 aliphatic heterocycles. The smallest absolute Gasteiger partial charge is 0.124 e. The molecule has 0 amide bonds. The molecule has 2 rings (SSSR count). The van der Waals surface area contributed by atoms with Gasteiger partial charge in [0.15, 0.2) is 0 Å². The monoisotopic (exact) mass is 229 g/mol. The van der Waals surface area contributed by atoms with Crippen molar-refractivity contribution in [3.05, 3.63) is 0 Å². The number of hydrogen-bond acceptors (Lipinski definition) is 2. The van der Waals surface area contributed by atoms with Gasteiger partial charge in [-0.25, -0.2) is 4.39 Å². The minimum absolute atomic E-state index is 0.250. The molecule has 0 N–H and O–H groups in total. The Morgan fingerprint density at radius 1 is 1.25 bits per heavy atom. The van der Waals surface area contributed by atoms with E-state index in [4.69, 9.17) is 4.74 Å². The van der Waals surface area contributed by atoms with Crippen LogP contribution in [0, 0.1) is 11.8 Å². The minimum Gasteiger partial charge on any atom is -0.374 e. The molecule has 0 aliphatic carbocycles. The Balaban J connectivity index is 1.76. The number of hydrogen-bond donors (Lipinski definition) is 0. The molecule has 94 valence electrons. The lowest BCUT2D eigenvalue weighted by atomic mass is 9.93. The summed E-state index contributed by atoms with van der Waals surface area (Å²) in [6.07, 6.45) is 2.78. The highest BCUT2D eigenvalue weighted by atomic mass is 19.1. The van der Waals surface area contributed by atoms with E-state index in [-0.39, 0.29) is 6.10 Å². The predicted molar refractivity (Wildman–Crippen MR) is 63.3 cm³/mol. The predicted octanol–water partition coefficient (Wildman–Crippen LogP) is 2.48. The summed E-state index contributed by atoms with van der Waals surface area (Å²) in [6.45, 7) is 8.12. The van der Waals surface area contributed by atoms with Crippen LogP contribution in [0.5, 0.6) is 0 Å². The van der Waals surface area contributed by atoms with Crippen molar-refractivity contribution in [2.24, 2.45) is 11.8 Å². The number of rotatable bonds is 2. The third-order valence-corrected chi connectivity index (χ3v) is 4.07. The Morgan fingerprint density at radius 2 is 1.94 bits per heavy atom. The van der Waals surface area contributed by atoms with Gasteiger partial charge in [-0.1, -0.05) is 13.8 Å². The maximum absolute atomic E-state index is 13.1. The van der Waals surface area contributed by atoms with Crippen LogP contribution in [0.15, 0.2) is 0 Å². The summed E-state index contributed by atoms with van der Waals surface area (Å²) in [5.41, 5.74) is 0. The zero-order valence-corrected chi connectivity index (χ0v) is 10.5. The molecule has 0 spiro atoms. The fourth-order valence-electron chi connectivity index (χ4n) is 2.75. The van der Waals surface area contributed by atoms with Crippen LogP contribution < -0.4 is 0 Å². The van der Waals surface area contributed by atoms with Crippen LogP contribution in [-0.4, -0.2) is 43.4 Å². The van der Waals surface area contributed by atoms with Crippen molar-refractivity contribution in [3.8, 4) is 0 Å². The molecule has 2 fully saturated rings. The molecule has 2 saturated heterocycles. The second-order valence-electron chi connectivity index (χ2n) is 5.67. The molecular weight excluding hydrogens is 205 g/mol. The summed E-state index contributed by atoms with van der Waals surface area (Å²) >= 11 is 0. The average Bonchev–Trinajstić information content (AvgIpc) is 2.25. The lowest BCUT2D eigenvalue weighted by Gasteiger charge is -2.37. The van der Waals surface area contributed by atoms with Crippen molar-refractivity contribution in [2.45, 2.75) is 45.4 Å². The van der Waals surface area contributed by atoms with E-state index in [1.807, 2.05) is 0 Å². The van der Waals surface area contributed by atoms with Crippen molar-refractivity contribution in [2.75, 3.05) is 26.2 Å². The van der Waals surface area contributed by atoms with E-state index in [1.165, 1.54) is 25.9 Å². The highest BCUT2D eigenvalue weighted by Gasteiger charge is 2.30. The zero-order chi connectivity index (χ0) is 11.5. The summed E-state index contributed by atoms with van der Waals surface area (Å²) in [5, 5.41) is 0. The molecule has 2 heterocycles. The summed E-state index contributed by atoms with van der Waals surface area (Å²) in [4.78, 5) is 2.49. The number of ether oxygens (including phenoxy) is 1. The number of likely N-dealkylation sites (tertiary alicyclic amines) is 1. The summed E-state index contributed by atoms with van der Waals surface area (Å²) in [5.74, 6) is 1.24. The standard InChI is InChI=1S/C13H24FNO/c1-10-3-5-15(6-4-10)8-13-11(2)7-12(14)9-16-13/h10-13H,3-9H2,1-2H3/t11?,12-,13-/m1/s1.